The van der Waals surface area contributed by atoms with Gasteiger partial charge in [0.2, 0.25) is 5.91 Å². The predicted molar refractivity (Wildman–Crippen MR) is 161 cm³/mol. The largest absolute Gasteiger partial charge is 0.507 e. The molecule has 0 radical (unpaired) electrons. The number of hydrogen-bond donors (Lipinski definition) is 4. The van der Waals surface area contributed by atoms with Crippen LogP contribution >= 0.6 is 0 Å². The summed E-state index contributed by atoms with van der Waals surface area (Å²) in [6.45, 7) is 4.64. The summed E-state index contributed by atoms with van der Waals surface area (Å²) in [6.07, 6.45) is 2.40. The molecule has 11 heteroatoms. The number of amides is 3. The first-order valence-corrected chi connectivity index (χ1v) is 14.5. The van der Waals surface area contributed by atoms with Crippen molar-refractivity contribution in [3.05, 3.63) is 83.3 Å². The summed E-state index contributed by atoms with van der Waals surface area (Å²) in [4.78, 5) is 41.0. The van der Waals surface area contributed by atoms with E-state index < -0.39 is 6.10 Å². The molecule has 0 fully saturated rings. The lowest BCUT2D eigenvalue weighted by atomic mass is 9.98. The van der Waals surface area contributed by atoms with Crippen molar-refractivity contribution >= 4 is 23.4 Å². The Morgan fingerprint density at radius 2 is 1.77 bits per heavy atom. The van der Waals surface area contributed by atoms with Gasteiger partial charge in [0.15, 0.2) is 11.5 Å². The second-order valence-corrected chi connectivity index (χ2v) is 11.1. The monoisotopic (exact) mass is 584 g/mol. The van der Waals surface area contributed by atoms with E-state index in [1.807, 2.05) is 26.0 Å². The quantitative estimate of drug-likeness (QED) is 0.289. The number of phenols is 1. The van der Waals surface area contributed by atoms with Gasteiger partial charge in [-0.25, -0.2) is 0 Å². The van der Waals surface area contributed by atoms with E-state index >= 15 is 0 Å². The number of carbonyl (C=O) groups is 3. The van der Waals surface area contributed by atoms with Crippen molar-refractivity contribution in [2.45, 2.75) is 39.2 Å². The summed E-state index contributed by atoms with van der Waals surface area (Å²) in [5, 5.41) is 35.1. The molecule has 0 saturated heterocycles. The minimum Gasteiger partial charge on any atom is -0.507 e. The summed E-state index contributed by atoms with van der Waals surface area (Å²) in [6, 6.07) is 15.6. The van der Waals surface area contributed by atoms with Crippen LogP contribution in [-0.2, 0) is 11.2 Å². The number of nitrogens with zero attached hydrogens (tertiary/aromatic N) is 4. The van der Waals surface area contributed by atoms with Crippen LogP contribution in [0.15, 0.2) is 60.8 Å². The summed E-state index contributed by atoms with van der Waals surface area (Å²) in [5.74, 6) is -0.517. The van der Waals surface area contributed by atoms with Gasteiger partial charge in [0.05, 0.1) is 12.1 Å². The lowest BCUT2D eigenvalue weighted by molar-refractivity contribution is -0.121. The number of aromatic hydroxyl groups is 1. The molecule has 1 atom stereocenters. The summed E-state index contributed by atoms with van der Waals surface area (Å²) < 4.78 is 1.61. The van der Waals surface area contributed by atoms with Gasteiger partial charge in [0.25, 0.3) is 11.8 Å². The van der Waals surface area contributed by atoms with Crippen LogP contribution in [0.4, 0.5) is 0 Å². The zero-order valence-corrected chi connectivity index (χ0v) is 24.3. The highest BCUT2D eigenvalue weighted by Crippen LogP contribution is 2.31. The van der Waals surface area contributed by atoms with Crippen LogP contribution in [-0.4, -0.2) is 73.6 Å². The second-order valence-electron chi connectivity index (χ2n) is 11.1. The first-order chi connectivity index (χ1) is 20.7. The van der Waals surface area contributed by atoms with Crippen LogP contribution in [0.3, 0.4) is 0 Å². The molecule has 1 unspecified atom stereocenters. The van der Waals surface area contributed by atoms with Gasteiger partial charge < -0.3 is 25.7 Å². The average Bonchev–Trinajstić information content (AvgIpc) is 3.43. The Morgan fingerprint density at radius 1 is 0.953 bits per heavy atom. The van der Waals surface area contributed by atoms with Crippen molar-refractivity contribution in [1.29, 1.82) is 0 Å². The third kappa shape index (κ3) is 6.83. The molecule has 5 rings (SSSR count). The van der Waals surface area contributed by atoms with Gasteiger partial charge in [-0.1, -0.05) is 32.0 Å². The normalized spacial score (nSPS) is 15.9. The Kier molecular flexibility index (Phi) is 9.01. The molecule has 4 N–H and O–H groups in total. The Balaban J connectivity index is 1.37. The number of carbonyl (C=O) groups excluding carboxylic acids is 3. The molecule has 11 nitrogen and oxygen atoms in total. The minimum absolute atomic E-state index is 0.0986. The number of hydrogen-bond acceptors (Lipinski definition) is 7. The van der Waals surface area contributed by atoms with E-state index in [4.69, 9.17) is 0 Å². The van der Waals surface area contributed by atoms with Crippen molar-refractivity contribution in [3.8, 4) is 16.9 Å². The molecule has 4 aromatic rings. The van der Waals surface area contributed by atoms with E-state index in [9.17, 15) is 24.6 Å². The molecule has 3 amide bonds. The van der Waals surface area contributed by atoms with Gasteiger partial charge in [-0.15, -0.1) is 10.2 Å². The van der Waals surface area contributed by atoms with Gasteiger partial charge in [0.1, 0.15) is 11.9 Å². The van der Waals surface area contributed by atoms with E-state index in [1.165, 1.54) is 4.90 Å². The van der Waals surface area contributed by atoms with Crippen molar-refractivity contribution < 1.29 is 24.6 Å². The molecule has 224 valence electrons. The fourth-order valence-electron chi connectivity index (χ4n) is 5.07. The number of aliphatic hydroxyl groups excluding tert-OH is 1. The Labute approximate surface area is 249 Å². The maximum atomic E-state index is 13.7. The molecule has 2 aromatic heterocycles. The second kappa shape index (κ2) is 13.0. The topological polar surface area (TPSA) is 149 Å². The number of nitrogens with one attached hydrogen (secondary N) is 2. The van der Waals surface area contributed by atoms with Gasteiger partial charge in [0, 0.05) is 37.0 Å². The maximum Gasteiger partial charge on any atom is 0.255 e. The fraction of sp³-hybridized carbons (Fsp3) is 0.344. The lowest BCUT2D eigenvalue weighted by Crippen LogP contribution is -2.42. The highest BCUT2D eigenvalue weighted by molar-refractivity contribution is 5.97. The predicted octanol–water partition coefficient (Wildman–Crippen LogP) is 3.12. The number of rotatable bonds is 3. The van der Waals surface area contributed by atoms with Crippen LogP contribution in [0.25, 0.3) is 16.8 Å². The molecule has 0 spiro atoms. The summed E-state index contributed by atoms with van der Waals surface area (Å²) in [5.41, 5.74) is 3.55. The third-order valence-electron chi connectivity index (χ3n) is 7.57. The van der Waals surface area contributed by atoms with Crippen LogP contribution in [0, 0.1) is 5.92 Å². The minimum atomic E-state index is -0.857. The zero-order chi connectivity index (χ0) is 30.5. The lowest BCUT2D eigenvalue weighted by Gasteiger charge is -2.23. The van der Waals surface area contributed by atoms with Crippen molar-refractivity contribution in [2.75, 3.05) is 26.2 Å². The van der Waals surface area contributed by atoms with Crippen molar-refractivity contribution in [3.63, 3.8) is 0 Å². The summed E-state index contributed by atoms with van der Waals surface area (Å²) in [7, 11) is 0. The Hall–Kier alpha value is -4.77. The van der Waals surface area contributed by atoms with E-state index in [-0.39, 0.29) is 35.9 Å². The van der Waals surface area contributed by atoms with Crippen molar-refractivity contribution in [2.24, 2.45) is 5.92 Å². The van der Waals surface area contributed by atoms with Gasteiger partial charge in [-0.05, 0) is 72.7 Å². The first kappa shape index (κ1) is 29.7. The molecular weight excluding hydrogens is 548 g/mol. The Morgan fingerprint density at radius 3 is 2.58 bits per heavy atom. The molecule has 4 bridgehead atoms. The van der Waals surface area contributed by atoms with Crippen LogP contribution < -0.4 is 10.6 Å². The molecule has 3 heterocycles. The third-order valence-corrected chi connectivity index (χ3v) is 7.57. The number of aliphatic hydroxyl groups is 1. The number of pyridine rings is 1. The van der Waals surface area contributed by atoms with E-state index in [0.717, 1.165) is 11.1 Å². The number of phenolic OH excluding ortho intramolecular Hbond substituents is 1. The smallest absolute Gasteiger partial charge is 0.255 e. The van der Waals surface area contributed by atoms with Gasteiger partial charge >= 0.3 is 0 Å². The molecular formula is C32H36N6O5. The molecule has 2 aromatic carbocycles. The van der Waals surface area contributed by atoms with Gasteiger partial charge in [-0.3, -0.25) is 18.8 Å². The van der Waals surface area contributed by atoms with E-state index in [0.29, 0.717) is 67.1 Å². The maximum absolute atomic E-state index is 13.7. The van der Waals surface area contributed by atoms with Crippen LogP contribution in [0.2, 0.25) is 0 Å². The van der Waals surface area contributed by atoms with Crippen molar-refractivity contribution in [1.82, 2.24) is 30.1 Å². The molecule has 0 aliphatic carbocycles. The first-order valence-electron chi connectivity index (χ1n) is 14.5. The zero-order valence-electron chi connectivity index (χ0n) is 24.3. The molecule has 1 aliphatic heterocycles. The highest BCUT2D eigenvalue weighted by atomic mass is 16.3. The fourth-order valence-corrected chi connectivity index (χ4v) is 5.07. The summed E-state index contributed by atoms with van der Waals surface area (Å²) >= 11 is 0. The number of benzene rings is 2. The van der Waals surface area contributed by atoms with E-state index in [2.05, 4.69) is 20.8 Å². The SMILES string of the molecule is CC(C)C(O)c1nnc2ccc(C(=O)N3CCCCNC(=O)c4cccc(c4)-c4cc(ccc4O)CCNC(=O)C3)cn12. The number of aromatic nitrogens is 3. The molecule has 1 aliphatic rings. The van der Waals surface area contributed by atoms with Crippen LogP contribution in [0.1, 0.15) is 64.9 Å². The number of fused-ring (bicyclic) bond motifs is 6. The Bertz CT molecular complexity index is 1650. The standard InChI is InChI=1S/C32H36N6O5/c1-20(2)29(41)30-36-35-27-11-9-24(18-38(27)30)32(43)37-15-4-3-13-34-31(42)23-7-5-6-22(17-23)25-16-21(8-10-26(25)39)12-14-33-28(40)19-37/h5-11,16-18,20,29,39,41H,3-4,12-15,19H2,1-2H3,(H,33,40)(H,34,42). The molecule has 43 heavy (non-hydrogen) atoms. The molecule has 0 saturated carbocycles. The average molecular weight is 585 g/mol. The van der Waals surface area contributed by atoms with Gasteiger partial charge in [-0.2, -0.15) is 0 Å². The van der Waals surface area contributed by atoms with E-state index in [1.54, 1.807) is 53.1 Å². The van der Waals surface area contributed by atoms with Crippen LogP contribution in [0.5, 0.6) is 5.75 Å². The highest BCUT2D eigenvalue weighted by Gasteiger charge is 2.23.